The minimum absolute atomic E-state index is 0.172. The number of carboxylic acids is 1. The second-order valence-corrected chi connectivity index (χ2v) is 8.24. The Labute approximate surface area is 177 Å². The molecule has 0 spiro atoms. The Bertz CT molecular complexity index is 1230. The first-order valence-corrected chi connectivity index (χ1v) is 10.2. The third kappa shape index (κ3) is 3.43. The van der Waals surface area contributed by atoms with Crippen LogP contribution in [0.1, 0.15) is 51.2 Å². The van der Waals surface area contributed by atoms with Crippen LogP contribution < -0.4 is 0 Å². The fourth-order valence-electron chi connectivity index (χ4n) is 3.54. The van der Waals surface area contributed by atoms with E-state index in [1.807, 2.05) is 35.8 Å². The van der Waals surface area contributed by atoms with Crippen LogP contribution in [-0.4, -0.2) is 43.3 Å². The van der Waals surface area contributed by atoms with Crippen LogP contribution in [0.4, 0.5) is 0 Å². The summed E-state index contributed by atoms with van der Waals surface area (Å²) in [6.45, 7) is 5.79. The molecule has 8 heteroatoms. The van der Waals surface area contributed by atoms with Gasteiger partial charge < -0.3 is 10.2 Å². The summed E-state index contributed by atoms with van der Waals surface area (Å²) in [4.78, 5) is 17.6. The van der Waals surface area contributed by atoms with Crippen LogP contribution in [0.15, 0.2) is 29.3 Å². The summed E-state index contributed by atoms with van der Waals surface area (Å²) in [5.74, 6) is 5.82. The standard InChI is InChI=1S/C22H20N4O3S/c1-12-13(2)30-22-19(12)20(16-8-6-15(7-9-16)5-4-10-27)23-17(11-18(28)29)21-25-24-14(3)26(21)22/h6-9,17,27H,10-11H2,1-3H3,(H,28,29)/t17-/m0/s1. The Balaban J connectivity index is 1.94. The van der Waals surface area contributed by atoms with Crippen LogP contribution in [0, 0.1) is 32.6 Å². The minimum Gasteiger partial charge on any atom is -0.481 e. The Hall–Kier alpha value is -3.28. The number of fused-ring (bicyclic) bond motifs is 3. The van der Waals surface area contributed by atoms with E-state index in [0.717, 1.165) is 37.8 Å². The van der Waals surface area contributed by atoms with E-state index in [1.54, 1.807) is 11.3 Å². The predicted octanol–water partition coefficient (Wildman–Crippen LogP) is 2.96. The smallest absolute Gasteiger partial charge is 0.306 e. The Kier molecular flexibility index (Phi) is 5.24. The van der Waals surface area contributed by atoms with E-state index < -0.39 is 12.0 Å². The first-order chi connectivity index (χ1) is 14.4. The molecule has 0 unspecified atom stereocenters. The highest BCUT2D eigenvalue weighted by atomic mass is 32.1. The van der Waals surface area contributed by atoms with E-state index in [2.05, 4.69) is 35.9 Å². The highest BCUT2D eigenvalue weighted by molar-refractivity contribution is 7.15. The summed E-state index contributed by atoms with van der Waals surface area (Å²) in [5, 5.41) is 27.8. The summed E-state index contributed by atoms with van der Waals surface area (Å²) in [6, 6.07) is 6.95. The van der Waals surface area contributed by atoms with Gasteiger partial charge in [0.1, 0.15) is 23.5 Å². The third-order valence-corrected chi connectivity index (χ3v) is 6.27. The molecule has 0 saturated heterocycles. The van der Waals surface area contributed by atoms with E-state index in [-0.39, 0.29) is 13.0 Å². The Morgan fingerprint density at radius 2 is 1.93 bits per heavy atom. The molecule has 7 nitrogen and oxygen atoms in total. The van der Waals surface area contributed by atoms with Crippen molar-refractivity contribution in [2.24, 2.45) is 4.99 Å². The van der Waals surface area contributed by atoms with Crippen molar-refractivity contribution in [2.45, 2.75) is 33.2 Å². The molecule has 1 atom stereocenters. The number of aliphatic imine (C=N–C) groups is 1. The zero-order chi connectivity index (χ0) is 21.4. The van der Waals surface area contributed by atoms with E-state index >= 15 is 0 Å². The van der Waals surface area contributed by atoms with Crippen molar-refractivity contribution >= 4 is 23.0 Å². The lowest BCUT2D eigenvalue weighted by Gasteiger charge is -2.10. The topological polar surface area (TPSA) is 101 Å². The Morgan fingerprint density at radius 1 is 1.20 bits per heavy atom. The molecule has 0 radical (unpaired) electrons. The second-order valence-electron chi connectivity index (χ2n) is 7.03. The molecule has 152 valence electrons. The van der Waals surface area contributed by atoms with E-state index in [9.17, 15) is 9.90 Å². The number of thiophene rings is 1. The molecule has 0 fully saturated rings. The molecule has 2 aromatic heterocycles. The minimum atomic E-state index is -0.942. The lowest BCUT2D eigenvalue weighted by atomic mass is 9.98. The van der Waals surface area contributed by atoms with Gasteiger partial charge in [0.05, 0.1) is 12.1 Å². The van der Waals surface area contributed by atoms with Crippen LogP contribution in [0.2, 0.25) is 0 Å². The third-order valence-electron chi connectivity index (χ3n) is 5.08. The summed E-state index contributed by atoms with van der Waals surface area (Å²) < 4.78 is 1.94. The van der Waals surface area contributed by atoms with Gasteiger partial charge in [-0.05, 0) is 38.5 Å². The fraction of sp³-hybridized carbons (Fsp3) is 0.273. The SMILES string of the molecule is Cc1sc2c(c1C)C(c1ccc(C#CCO)cc1)=N[C@@H](CC(=O)O)c1nnc(C)n1-2. The van der Waals surface area contributed by atoms with Crippen LogP contribution in [0.5, 0.6) is 0 Å². The molecule has 1 aromatic carbocycles. The summed E-state index contributed by atoms with van der Waals surface area (Å²) in [7, 11) is 0. The molecule has 30 heavy (non-hydrogen) atoms. The largest absolute Gasteiger partial charge is 0.481 e. The van der Waals surface area contributed by atoms with Crippen molar-refractivity contribution < 1.29 is 15.0 Å². The number of carboxylic acid groups (broad SMARTS) is 1. The number of aliphatic hydroxyl groups is 1. The molecule has 3 heterocycles. The van der Waals surface area contributed by atoms with Gasteiger partial charge in [-0.25, -0.2) is 0 Å². The van der Waals surface area contributed by atoms with Crippen molar-refractivity contribution in [3.05, 3.63) is 63.0 Å². The Morgan fingerprint density at radius 3 is 2.60 bits per heavy atom. The molecule has 0 saturated carbocycles. The molecule has 2 N–H and O–H groups in total. The number of aromatic nitrogens is 3. The molecule has 0 aliphatic carbocycles. The quantitative estimate of drug-likeness (QED) is 0.635. The molecular formula is C22H20N4O3S. The van der Waals surface area contributed by atoms with Gasteiger partial charge in [0.15, 0.2) is 5.82 Å². The highest BCUT2D eigenvalue weighted by Crippen LogP contribution is 2.39. The zero-order valence-corrected chi connectivity index (χ0v) is 17.6. The first kappa shape index (κ1) is 20.0. The number of aliphatic hydroxyl groups excluding tert-OH is 1. The van der Waals surface area contributed by atoms with Gasteiger partial charge in [-0.15, -0.1) is 21.5 Å². The van der Waals surface area contributed by atoms with Crippen LogP contribution >= 0.6 is 11.3 Å². The van der Waals surface area contributed by atoms with Gasteiger partial charge in [0.2, 0.25) is 0 Å². The number of aliphatic carboxylic acids is 1. The number of nitrogens with zero attached hydrogens (tertiary/aromatic N) is 4. The molecule has 1 aliphatic heterocycles. The molecule has 0 bridgehead atoms. The number of carbonyl (C=O) groups is 1. The number of benzene rings is 1. The van der Waals surface area contributed by atoms with Crippen molar-refractivity contribution in [1.82, 2.24) is 14.8 Å². The maximum Gasteiger partial charge on any atom is 0.306 e. The molecule has 4 rings (SSSR count). The normalized spacial score (nSPS) is 14.8. The summed E-state index contributed by atoms with van der Waals surface area (Å²) >= 11 is 1.63. The number of aryl methyl sites for hydroxylation is 2. The van der Waals surface area contributed by atoms with E-state index in [0.29, 0.717) is 11.6 Å². The lowest BCUT2D eigenvalue weighted by molar-refractivity contribution is -0.137. The predicted molar refractivity (Wildman–Crippen MR) is 114 cm³/mol. The second kappa shape index (κ2) is 7.86. The maximum atomic E-state index is 11.6. The van der Waals surface area contributed by atoms with Crippen LogP contribution in [0.25, 0.3) is 5.00 Å². The van der Waals surface area contributed by atoms with Crippen molar-refractivity contribution in [1.29, 1.82) is 0 Å². The van der Waals surface area contributed by atoms with Crippen molar-refractivity contribution in [3.8, 4) is 16.8 Å². The lowest BCUT2D eigenvalue weighted by Crippen LogP contribution is -2.10. The highest BCUT2D eigenvalue weighted by Gasteiger charge is 2.32. The number of hydrogen-bond donors (Lipinski definition) is 2. The van der Waals surface area contributed by atoms with Crippen LogP contribution in [-0.2, 0) is 4.79 Å². The molecular weight excluding hydrogens is 400 g/mol. The fourth-order valence-corrected chi connectivity index (χ4v) is 4.76. The maximum absolute atomic E-state index is 11.6. The van der Waals surface area contributed by atoms with Gasteiger partial charge in [-0.3, -0.25) is 14.4 Å². The summed E-state index contributed by atoms with van der Waals surface area (Å²) in [6.07, 6.45) is -0.172. The zero-order valence-electron chi connectivity index (χ0n) is 16.8. The van der Waals surface area contributed by atoms with Gasteiger partial charge >= 0.3 is 5.97 Å². The van der Waals surface area contributed by atoms with Crippen molar-refractivity contribution in [3.63, 3.8) is 0 Å². The average molecular weight is 420 g/mol. The molecule has 3 aromatic rings. The summed E-state index contributed by atoms with van der Waals surface area (Å²) in [5.41, 5.74) is 4.48. The van der Waals surface area contributed by atoms with Crippen LogP contribution in [0.3, 0.4) is 0 Å². The van der Waals surface area contributed by atoms with E-state index in [1.165, 1.54) is 0 Å². The van der Waals surface area contributed by atoms with Gasteiger partial charge in [-0.1, -0.05) is 24.0 Å². The van der Waals surface area contributed by atoms with Crippen molar-refractivity contribution in [2.75, 3.05) is 6.61 Å². The monoisotopic (exact) mass is 420 g/mol. The first-order valence-electron chi connectivity index (χ1n) is 9.43. The average Bonchev–Trinajstić information content (AvgIpc) is 3.19. The number of rotatable bonds is 3. The van der Waals surface area contributed by atoms with Gasteiger partial charge in [0.25, 0.3) is 0 Å². The molecule has 1 aliphatic rings. The molecule has 0 amide bonds. The van der Waals surface area contributed by atoms with Gasteiger partial charge in [-0.2, -0.15) is 0 Å². The van der Waals surface area contributed by atoms with Gasteiger partial charge in [0, 0.05) is 21.6 Å². The number of hydrogen-bond acceptors (Lipinski definition) is 6. The van der Waals surface area contributed by atoms with E-state index in [4.69, 9.17) is 10.1 Å².